The summed E-state index contributed by atoms with van der Waals surface area (Å²) in [5.74, 6) is 8.13. The first-order valence-electron chi connectivity index (χ1n) is 5.82. The van der Waals surface area contributed by atoms with Gasteiger partial charge in [-0.3, -0.25) is 4.21 Å². The van der Waals surface area contributed by atoms with E-state index in [1.165, 1.54) is 0 Å². The summed E-state index contributed by atoms with van der Waals surface area (Å²) in [6, 6.07) is 0.201. The molecule has 0 saturated heterocycles. The van der Waals surface area contributed by atoms with Crippen LogP contribution in [0.1, 0.15) is 24.7 Å². The first kappa shape index (κ1) is 14.8. The quantitative estimate of drug-likeness (QED) is 0.527. The van der Waals surface area contributed by atoms with Crippen LogP contribution in [0.2, 0.25) is 0 Å². The van der Waals surface area contributed by atoms with E-state index in [1.807, 2.05) is 20.8 Å². The number of nitrogens with one attached hydrogen (secondary N) is 2. The summed E-state index contributed by atoms with van der Waals surface area (Å²) < 4.78 is 11.1. The molecule has 0 aliphatic rings. The maximum Gasteiger partial charge on any atom is 0.148 e. The van der Waals surface area contributed by atoms with Crippen molar-refractivity contribution in [1.29, 1.82) is 0 Å². The van der Waals surface area contributed by atoms with Gasteiger partial charge in [0, 0.05) is 34.4 Å². The van der Waals surface area contributed by atoms with E-state index < -0.39 is 10.8 Å². The molecule has 0 saturated carbocycles. The van der Waals surface area contributed by atoms with Crippen molar-refractivity contribution < 1.29 is 4.21 Å². The molecule has 18 heavy (non-hydrogen) atoms. The monoisotopic (exact) mass is 271 g/mol. The molecular formula is C11H21N5OS. The first-order chi connectivity index (χ1) is 8.43. The van der Waals surface area contributed by atoms with Gasteiger partial charge in [-0.15, -0.1) is 0 Å². The number of aromatic nitrogens is 2. The number of anilines is 2. The largest absolute Gasteiger partial charge is 0.367 e. The molecule has 0 spiro atoms. The average Bonchev–Trinajstić information content (AvgIpc) is 2.30. The zero-order chi connectivity index (χ0) is 13.7. The van der Waals surface area contributed by atoms with Crippen molar-refractivity contribution in [2.24, 2.45) is 5.84 Å². The summed E-state index contributed by atoms with van der Waals surface area (Å²) in [6.07, 6.45) is 2.54. The predicted molar refractivity (Wildman–Crippen MR) is 76.0 cm³/mol. The van der Waals surface area contributed by atoms with E-state index in [0.29, 0.717) is 17.4 Å². The number of hydrogen-bond acceptors (Lipinski definition) is 6. The van der Waals surface area contributed by atoms with Gasteiger partial charge in [0.25, 0.3) is 0 Å². The smallest absolute Gasteiger partial charge is 0.148 e. The molecule has 0 bridgehead atoms. The molecule has 0 aromatic carbocycles. The van der Waals surface area contributed by atoms with Crippen LogP contribution in [-0.2, 0) is 10.8 Å². The molecule has 1 aromatic heterocycles. The molecular weight excluding hydrogens is 250 g/mol. The van der Waals surface area contributed by atoms with Gasteiger partial charge in [-0.1, -0.05) is 0 Å². The SMILES string of the molecule is Cc1nc(NN)c(C)c(NC(C)CCS(C)=O)n1. The van der Waals surface area contributed by atoms with E-state index in [9.17, 15) is 4.21 Å². The highest BCUT2D eigenvalue weighted by molar-refractivity contribution is 7.84. The van der Waals surface area contributed by atoms with Crippen LogP contribution in [-0.4, -0.2) is 32.2 Å². The van der Waals surface area contributed by atoms with Crippen LogP contribution in [0.25, 0.3) is 0 Å². The molecule has 0 amide bonds. The lowest BCUT2D eigenvalue weighted by Crippen LogP contribution is -2.21. The topological polar surface area (TPSA) is 92.9 Å². The van der Waals surface area contributed by atoms with Gasteiger partial charge in [0.1, 0.15) is 17.5 Å². The van der Waals surface area contributed by atoms with Crippen LogP contribution in [0.4, 0.5) is 11.6 Å². The molecule has 1 heterocycles. The van der Waals surface area contributed by atoms with Gasteiger partial charge < -0.3 is 10.7 Å². The third kappa shape index (κ3) is 4.23. The van der Waals surface area contributed by atoms with Crippen molar-refractivity contribution in [1.82, 2.24) is 9.97 Å². The summed E-state index contributed by atoms with van der Waals surface area (Å²) in [7, 11) is -0.765. The van der Waals surface area contributed by atoms with Crippen LogP contribution in [0.5, 0.6) is 0 Å². The highest BCUT2D eigenvalue weighted by Crippen LogP contribution is 2.20. The minimum atomic E-state index is -0.765. The molecule has 0 radical (unpaired) electrons. The fourth-order valence-corrected chi connectivity index (χ4v) is 2.24. The molecule has 7 heteroatoms. The van der Waals surface area contributed by atoms with Crippen molar-refractivity contribution in [3.8, 4) is 0 Å². The number of aryl methyl sites for hydroxylation is 1. The van der Waals surface area contributed by atoms with Gasteiger partial charge in [-0.05, 0) is 27.2 Å². The molecule has 0 aliphatic carbocycles. The lowest BCUT2D eigenvalue weighted by molar-refractivity contribution is 0.678. The third-order valence-corrected chi connectivity index (χ3v) is 3.43. The maximum absolute atomic E-state index is 11.1. The van der Waals surface area contributed by atoms with Crippen LogP contribution >= 0.6 is 0 Å². The highest BCUT2D eigenvalue weighted by atomic mass is 32.2. The first-order valence-corrected chi connectivity index (χ1v) is 7.55. The number of rotatable bonds is 6. The number of hydrazine groups is 1. The molecule has 2 atom stereocenters. The molecule has 1 rings (SSSR count). The summed E-state index contributed by atoms with van der Waals surface area (Å²) in [4.78, 5) is 8.55. The van der Waals surface area contributed by atoms with Crippen LogP contribution in [0, 0.1) is 13.8 Å². The standard InChI is InChI=1S/C11H21N5OS/c1-7(5-6-18(4)17)13-10-8(2)11(16-12)15-9(3)14-10/h7H,5-6,12H2,1-4H3,(H2,13,14,15,16). The van der Waals surface area contributed by atoms with E-state index in [0.717, 1.165) is 17.8 Å². The Morgan fingerprint density at radius 3 is 2.50 bits per heavy atom. The van der Waals surface area contributed by atoms with Gasteiger partial charge in [0.2, 0.25) is 0 Å². The molecule has 4 N–H and O–H groups in total. The Morgan fingerprint density at radius 1 is 1.33 bits per heavy atom. The van der Waals surface area contributed by atoms with Crippen molar-refractivity contribution in [2.45, 2.75) is 33.2 Å². The van der Waals surface area contributed by atoms with Crippen LogP contribution < -0.4 is 16.6 Å². The van der Waals surface area contributed by atoms with Crippen molar-refractivity contribution in [3.63, 3.8) is 0 Å². The van der Waals surface area contributed by atoms with Gasteiger partial charge >= 0.3 is 0 Å². The highest BCUT2D eigenvalue weighted by Gasteiger charge is 2.11. The van der Waals surface area contributed by atoms with Gasteiger partial charge in [0.15, 0.2) is 0 Å². The van der Waals surface area contributed by atoms with Gasteiger partial charge in [-0.25, -0.2) is 15.8 Å². The summed E-state index contributed by atoms with van der Waals surface area (Å²) >= 11 is 0. The second-order valence-corrected chi connectivity index (χ2v) is 5.90. The van der Waals surface area contributed by atoms with Crippen molar-refractivity contribution >= 4 is 22.4 Å². The minimum absolute atomic E-state index is 0.201. The molecule has 0 aliphatic heterocycles. The van der Waals surface area contributed by atoms with E-state index in [1.54, 1.807) is 6.26 Å². The molecule has 6 nitrogen and oxygen atoms in total. The molecule has 2 unspecified atom stereocenters. The molecule has 1 aromatic rings. The van der Waals surface area contributed by atoms with Crippen molar-refractivity contribution in [3.05, 3.63) is 11.4 Å². The Bertz CT molecular complexity index is 438. The number of nitrogen functional groups attached to an aromatic ring is 1. The van der Waals surface area contributed by atoms with Crippen molar-refractivity contribution in [2.75, 3.05) is 22.8 Å². The van der Waals surface area contributed by atoms with E-state index in [4.69, 9.17) is 5.84 Å². The predicted octanol–water partition coefficient (Wildman–Crippen LogP) is 0.948. The zero-order valence-electron chi connectivity index (χ0n) is 11.3. The normalized spacial score (nSPS) is 14.1. The maximum atomic E-state index is 11.1. The second-order valence-electron chi connectivity index (χ2n) is 4.35. The minimum Gasteiger partial charge on any atom is -0.367 e. The third-order valence-electron chi connectivity index (χ3n) is 2.62. The number of nitrogens with zero attached hydrogens (tertiary/aromatic N) is 2. The Balaban J connectivity index is 2.77. The second kappa shape index (κ2) is 6.65. The summed E-state index contributed by atoms with van der Waals surface area (Å²) in [6.45, 7) is 5.76. The number of nitrogens with two attached hydrogens (primary N) is 1. The Hall–Kier alpha value is -1.21. The van der Waals surface area contributed by atoms with E-state index in [2.05, 4.69) is 20.7 Å². The fraction of sp³-hybridized carbons (Fsp3) is 0.636. The summed E-state index contributed by atoms with van der Waals surface area (Å²) in [5, 5.41) is 3.30. The van der Waals surface area contributed by atoms with Crippen LogP contribution in [0.3, 0.4) is 0 Å². The van der Waals surface area contributed by atoms with E-state index >= 15 is 0 Å². The van der Waals surface area contributed by atoms with Gasteiger partial charge in [-0.2, -0.15) is 0 Å². The Morgan fingerprint density at radius 2 is 1.94 bits per heavy atom. The van der Waals surface area contributed by atoms with Crippen LogP contribution in [0.15, 0.2) is 0 Å². The molecule has 0 fully saturated rings. The van der Waals surface area contributed by atoms with E-state index in [-0.39, 0.29) is 6.04 Å². The van der Waals surface area contributed by atoms with Gasteiger partial charge in [0.05, 0.1) is 0 Å². The Kier molecular flexibility index (Phi) is 5.49. The molecule has 102 valence electrons. The lowest BCUT2D eigenvalue weighted by atomic mass is 10.2. The number of hydrogen-bond donors (Lipinski definition) is 3. The Labute approximate surface area is 110 Å². The zero-order valence-corrected chi connectivity index (χ0v) is 12.1. The fourth-order valence-electron chi connectivity index (χ4n) is 1.56. The average molecular weight is 271 g/mol. The lowest BCUT2D eigenvalue weighted by Gasteiger charge is -2.17. The summed E-state index contributed by atoms with van der Waals surface area (Å²) in [5.41, 5.74) is 3.44.